The lowest BCUT2D eigenvalue weighted by molar-refractivity contribution is -0.170. The highest BCUT2D eigenvalue weighted by Gasteiger charge is 2.67. The van der Waals surface area contributed by atoms with Crippen LogP contribution < -0.4 is 4.74 Å². The average molecular weight is 464 g/mol. The van der Waals surface area contributed by atoms with Crippen LogP contribution in [0.2, 0.25) is 0 Å². The van der Waals surface area contributed by atoms with E-state index < -0.39 is 36.2 Å². The van der Waals surface area contributed by atoms with E-state index in [1.54, 1.807) is 0 Å². The molecule has 4 saturated carbocycles. The maximum Gasteiger partial charge on any atom is 0.514 e. The zero-order valence-electron chi connectivity index (χ0n) is 18.2. The van der Waals surface area contributed by atoms with Crippen LogP contribution in [0.5, 0.6) is 5.75 Å². The van der Waals surface area contributed by atoms with Crippen LogP contribution in [0.15, 0.2) is 24.3 Å². The number of hydrogen-bond acceptors (Lipinski definition) is 6. The van der Waals surface area contributed by atoms with E-state index in [1.807, 2.05) is 6.92 Å². The number of carbonyl (C=O) groups excluding carboxylic acids is 2. The third kappa shape index (κ3) is 3.75. The highest BCUT2D eigenvalue weighted by atomic mass is 19.3. The summed E-state index contributed by atoms with van der Waals surface area (Å²) in [7, 11) is 0. The Labute approximate surface area is 189 Å². The molecular weight excluding hydrogens is 438 g/mol. The molecule has 4 aliphatic carbocycles. The number of aliphatic carboxylic acids is 1. The molecule has 33 heavy (non-hydrogen) atoms. The Morgan fingerprint density at radius 2 is 1.73 bits per heavy atom. The van der Waals surface area contributed by atoms with E-state index in [0.717, 1.165) is 30.6 Å². The molecule has 0 spiro atoms. The molecule has 1 N–H and O–H groups in total. The van der Waals surface area contributed by atoms with Crippen LogP contribution in [0.3, 0.4) is 0 Å². The summed E-state index contributed by atoms with van der Waals surface area (Å²) in [6, 6.07) is 5.12. The minimum absolute atomic E-state index is 0.0840. The van der Waals surface area contributed by atoms with Gasteiger partial charge in [-0.2, -0.15) is 8.78 Å². The second-order valence-corrected chi connectivity index (χ2v) is 10.2. The minimum atomic E-state index is -4.17. The molecular formula is C24H26F2O7. The molecule has 1 aromatic rings. The molecule has 4 aliphatic rings. The fourth-order valence-electron chi connectivity index (χ4n) is 7.25. The van der Waals surface area contributed by atoms with Crippen LogP contribution in [0.25, 0.3) is 0 Å². The number of carboxylic acids is 1. The fraction of sp³-hybridized carbons (Fsp3) is 0.625. The van der Waals surface area contributed by atoms with Crippen molar-refractivity contribution in [1.29, 1.82) is 0 Å². The summed E-state index contributed by atoms with van der Waals surface area (Å²) in [5.41, 5.74) is -0.619. The third-order valence-corrected chi connectivity index (χ3v) is 8.37. The smallest absolute Gasteiger partial charge is 0.477 e. The zero-order valence-corrected chi connectivity index (χ0v) is 18.2. The topological polar surface area (TPSA) is 99.1 Å². The molecule has 0 heterocycles. The van der Waals surface area contributed by atoms with Gasteiger partial charge in [-0.25, -0.2) is 14.4 Å². The Kier molecular flexibility index (Phi) is 5.14. The van der Waals surface area contributed by atoms with Gasteiger partial charge < -0.3 is 19.3 Å². The number of halogens is 2. The number of rotatable bonds is 6. The molecule has 1 aromatic carbocycles. The van der Waals surface area contributed by atoms with Crippen molar-refractivity contribution in [1.82, 2.24) is 0 Å². The first-order valence-corrected chi connectivity index (χ1v) is 11.4. The summed E-state index contributed by atoms with van der Waals surface area (Å²) < 4.78 is 41.6. The van der Waals surface area contributed by atoms with E-state index in [0.29, 0.717) is 17.8 Å². The van der Waals surface area contributed by atoms with Crippen molar-refractivity contribution in [2.45, 2.75) is 50.6 Å². The van der Waals surface area contributed by atoms with Crippen molar-refractivity contribution in [3.8, 4) is 5.75 Å². The highest BCUT2D eigenvalue weighted by Crippen LogP contribution is 2.70. The molecule has 7 atom stereocenters. The average Bonchev–Trinajstić information content (AvgIpc) is 3.51. The van der Waals surface area contributed by atoms with Crippen LogP contribution in [0.4, 0.5) is 13.6 Å². The zero-order chi connectivity index (χ0) is 23.5. The van der Waals surface area contributed by atoms with Gasteiger partial charge in [0, 0.05) is 5.92 Å². The lowest BCUT2D eigenvalue weighted by Crippen LogP contribution is -2.46. The number of esters is 1. The van der Waals surface area contributed by atoms with Crippen molar-refractivity contribution < 1.29 is 42.5 Å². The lowest BCUT2D eigenvalue weighted by atomic mass is 9.66. The molecule has 0 amide bonds. The number of alkyl halides is 2. The van der Waals surface area contributed by atoms with Gasteiger partial charge in [0.25, 0.3) is 0 Å². The number of carboxylic acid groups (broad SMARTS) is 1. The molecule has 4 fully saturated rings. The molecule has 7 nitrogen and oxygen atoms in total. The SMILES string of the molecule is CC1(OC(=O)Oc2ccc(C(=O)OCC(F)(F)C(=O)O)cc2)CC2CC1C1C3CCC(C3)C21. The molecule has 178 valence electrons. The predicted molar refractivity (Wildman–Crippen MR) is 109 cm³/mol. The molecule has 7 unspecified atom stereocenters. The van der Waals surface area contributed by atoms with Crippen LogP contribution in [-0.4, -0.2) is 41.3 Å². The molecule has 9 heteroatoms. The van der Waals surface area contributed by atoms with Gasteiger partial charge in [0.2, 0.25) is 0 Å². The molecule has 5 rings (SSSR count). The summed E-state index contributed by atoms with van der Waals surface area (Å²) in [6.45, 7) is 0.434. The van der Waals surface area contributed by atoms with E-state index in [4.69, 9.17) is 14.6 Å². The third-order valence-electron chi connectivity index (χ3n) is 8.37. The van der Waals surface area contributed by atoms with Crippen LogP contribution in [0.1, 0.15) is 49.4 Å². The summed E-state index contributed by atoms with van der Waals surface area (Å²) in [5.74, 6) is -3.47. The largest absolute Gasteiger partial charge is 0.514 e. The summed E-state index contributed by atoms with van der Waals surface area (Å²) in [5, 5.41) is 8.37. The van der Waals surface area contributed by atoms with E-state index in [1.165, 1.54) is 43.5 Å². The van der Waals surface area contributed by atoms with Gasteiger partial charge in [-0.15, -0.1) is 0 Å². The van der Waals surface area contributed by atoms with Gasteiger partial charge in [-0.05, 0) is 92.9 Å². The van der Waals surface area contributed by atoms with E-state index >= 15 is 0 Å². The Morgan fingerprint density at radius 1 is 1.06 bits per heavy atom. The summed E-state index contributed by atoms with van der Waals surface area (Å²) in [6.07, 6.45) is 5.14. The van der Waals surface area contributed by atoms with Gasteiger partial charge in [0.1, 0.15) is 11.4 Å². The quantitative estimate of drug-likeness (QED) is 0.375. The van der Waals surface area contributed by atoms with Crippen molar-refractivity contribution in [2.75, 3.05) is 6.61 Å². The summed E-state index contributed by atoms with van der Waals surface area (Å²) in [4.78, 5) is 34.8. The monoisotopic (exact) mass is 464 g/mol. The Morgan fingerprint density at radius 3 is 2.39 bits per heavy atom. The molecule has 0 aromatic heterocycles. The second kappa shape index (κ2) is 7.67. The minimum Gasteiger partial charge on any atom is -0.477 e. The highest BCUT2D eigenvalue weighted by molar-refractivity contribution is 5.90. The standard InChI is InChI=1S/C24H26F2O7/c1-23(10-15-9-17(23)19-14-3-2-13(8-14)18(15)19)33-22(30)32-16-6-4-12(5-7-16)20(27)31-11-24(25,26)21(28)29/h4-7,13-15,17-19H,2-3,8-11H2,1H3,(H,28,29). The Hall–Kier alpha value is -2.71. The van der Waals surface area contributed by atoms with Crippen molar-refractivity contribution in [2.24, 2.45) is 35.5 Å². The Bertz CT molecular complexity index is 978. The molecule has 0 aliphatic heterocycles. The van der Waals surface area contributed by atoms with Crippen molar-refractivity contribution in [3.63, 3.8) is 0 Å². The summed E-state index contributed by atoms with van der Waals surface area (Å²) >= 11 is 0. The fourth-order valence-corrected chi connectivity index (χ4v) is 7.25. The molecule has 4 bridgehead atoms. The first-order chi connectivity index (χ1) is 15.6. The number of fused-ring (bicyclic) bond motifs is 9. The van der Waals surface area contributed by atoms with E-state index in [9.17, 15) is 23.2 Å². The van der Waals surface area contributed by atoms with Crippen molar-refractivity contribution in [3.05, 3.63) is 29.8 Å². The van der Waals surface area contributed by atoms with Crippen molar-refractivity contribution >= 4 is 18.1 Å². The van der Waals surface area contributed by atoms with E-state index in [-0.39, 0.29) is 11.3 Å². The predicted octanol–water partition coefficient (Wildman–Crippen LogP) is 4.54. The van der Waals surface area contributed by atoms with Gasteiger partial charge in [0.15, 0.2) is 6.61 Å². The molecule has 0 saturated heterocycles. The van der Waals surface area contributed by atoms with Crippen LogP contribution in [-0.2, 0) is 14.3 Å². The van der Waals surface area contributed by atoms with Gasteiger partial charge in [-0.3, -0.25) is 0 Å². The lowest BCUT2D eigenvalue weighted by Gasteiger charge is -2.43. The van der Waals surface area contributed by atoms with Gasteiger partial charge >= 0.3 is 24.0 Å². The first kappa shape index (κ1) is 22.1. The number of benzene rings is 1. The number of hydrogen-bond donors (Lipinski definition) is 1. The van der Waals surface area contributed by atoms with Crippen LogP contribution in [0, 0.1) is 35.5 Å². The van der Waals surface area contributed by atoms with E-state index in [2.05, 4.69) is 4.74 Å². The molecule has 0 radical (unpaired) electrons. The Balaban J connectivity index is 1.16. The first-order valence-electron chi connectivity index (χ1n) is 11.4. The maximum atomic E-state index is 13.1. The van der Waals surface area contributed by atoms with Gasteiger partial charge in [0.05, 0.1) is 5.56 Å². The van der Waals surface area contributed by atoms with Crippen LogP contribution >= 0.6 is 0 Å². The normalized spacial score (nSPS) is 35.8. The second-order valence-electron chi connectivity index (χ2n) is 10.2. The van der Waals surface area contributed by atoms with Gasteiger partial charge in [-0.1, -0.05) is 0 Å². The maximum absolute atomic E-state index is 13.1. The number of ether oxygens (including phenoxy) is 3. The number of carbonyl (C=O) groups is 3.